The van der Waals surface area contributed by atoms with E-state index in [0.717, 1.165) is 23.6 Å². The molecule has 1 atom stereocenters. The molecule has 1 saturated carbocycles. The highest BCUT2D eigenvalue weighted by molar-refractivity contribution is 6.03. The second-order valence-corrected chi connectivity index (χ2v) is 9.69. The van der Waals surface area contributed by atoms with Gasteiger partial charge < -0.3 is 10.4 Å². The third-order valence-corrected chi connectivity index (χ3v) is 6.84. The monoisotopic (exact) mass is 549 g/mol. The highest BCUT2D eigenvalue weighted by atomic mass is 19.4. The minimum absolute atomic E-state index is 0.0403. The van der Waals surface area contributed by atoms with Crippen molar-refractivity contribution in [2.24, 2.45) is 5.92 Å². The Balaban J connectivity index is 1.52. The molecule has 1 aliphatic rings. The molecule has 0 saturated heterocycles. The number of hydrogen-bond donors (Lipinski definition) is 2. The molecule has 4 aromatic rings. The van der Waals surface area contributed by atoms with Gasteiger partial charge in [0, 0.05) is 12.3 Å². The molecule has 2 aromatic carbocycles. The Morgan fingerprint density at radius 3 is 2.55 bits per heavy atom. The smallest absolute Gasteiger partial charge is 0.379 e. The average Bonchev–Trinajstić information content (AvgIpc) is 3.67. The number of amides is 1. The molecule has 0 aliphatic heterocycles. The van der Waals surface area contributed by atoms with E-state index >= 15 is 0 Å². The summed E-state index contributed by atoms with van der Waals surface area (Å²) in [7, 11) is 0. The fraction of sp³-hybridized carbons (Fsp3) is 0.241. The van der Waals surface area contributed by atoms with E-state index in [1.165, 1.54) is 42.6 Å². The average molecular weight is 550 g/mol. The van der Waals surface area contributed by atoms with Gasteiger partial charge in [-0.2, -0.15) is 23.5 Å². The van der Waals surface area contributed by atoms with Crippen molar-refractivity contribution in [2.75, 3.05) is 5.32 Å². The number of pyridine rings is 1. The second kappa shape index (κ2) is 10.5. The molecule has 2 heterocycles. The molecule has 5 rings (SSSR count). The fourth-order valence-electron chi connectivity index (χ4n) is 4.50. The van der Waals surface area contributed by atoms with Crippen LogP contribution >= 0.6 is 0 Å². The molecule has 11 heteroatoms. The topological polar surface area (TPSA) is 104 Å². The number of aromatic nitrogens is 3. The lowest BCUT2D eigenvalue weighted by molar-refractivity contribution is -0.141. The third-order valence-electron chi connectivity index (χ3n) is 6.84. The summed E-state index contributed by atoms with van der Waals surface area (Å²) in [6, 6.07) is 16.8. The van der Waals surface area contributed by atoms with Crippen molar-refractivity contribution in [3.63, 3.8) is 0 Å². The lowest BCUT2D eigenvalue weighted by atomic mass is 9.84. The summed E-state index contributed by atoms with van der Waals surface area (Å²) in [5.41, 5.74) is -2.97. The quantitative estimate of drug-likeness (QED) is 0.264. The normalized spacial score (nSPS) is 14.8. The van der Waals surface area contributed by atoms with Gasteiger partial charge in [-0.1, -0.05) is 31.0 Å². The van der Waals surface area contributed by atoms with Crippen molar-refractivity contribution in [2.45, 2.75) is 37.5 Å². The van der Waals surface area contributed by atoms with E-state index in [1.807, 2.05) is 6.07 Å². The first kappa shape index (κ1) is 27.0. The van der Waals surface area contributed by atoms with Gasteiger partial charge in [0.2, 0.25) is 0 Å². The van der Waals surface area contributed by atoms with Crippen LogP contribution in [0.3, 0.4) is 0 Å². The Bertz CT molecular complexity index is 1590. The molecular weight excluding hydrogens is 526 g/mol. The zero-order valence-electron chi connectivity index (χ0n) is 21.0. The molecule has 1 aliphatic carbocycles. The predicted molar refractivity (Wildman–Crippen MR) is 137 cm³/mol. The van der Waals surface area contributed by atoms with Crippen molar-refractivity contribution in [1.82, 2.24) is 14.8 Å². The van der Waals surface area contributed by atoms with Crippen molar-refractivity contribution < 1.29 is 27.5 Å². The first-order valence-corrected chi connectivity index (χ1v) is 12.5. The second-order valence-electron chi connectivity index (χ2n) is 9.69. The fourth-order valence-corrected chi connectivity index (χ4v) is 4.50. The van der Waals surface area contributed by atoms with Gasteiger partial charge in [-0.3, -0.25) is 9.78 Å². The van der Waals surface area contributed by atoms with E-state index < -0.39 is 34.9 Å². The number of nitrogens with one attached hydrogen (secondary N) is 1. The van der Waals surface area contributed by atoms with Crippen molar-refractivity contribution in [3.8, 4) is 11.8 Å². The zero-order valence-corrected chi connectivity index (χ0v) is 21.0. The number of nitriles is 1. The van der Waals surface area contributed by atoms with Gasteiger partial charge >= 0.3 is 6.18 Å². The number of alkyl halides is 3. The maximum absolute atomic E-state index is 14.9. The van der Waals surface area contributed by atoms with E-state index in [2.05, 4.69) is 15.4 Å². The van der Waals surface area contributed by atoms with Gasteiger partial charge in [-0.15, -0.1) is 0 Å². The first-order chi connectivity index (χ1) is 19.1. The molecule has 1 fully saturated rings. The van der Waals surface area contributed by atoms with Gasteiger partial charge in [-0.25, -0.2) is 9.07 Å². The molecule has 0 radical (unpaired) electrons. The van der Waals surface area contributed by atoms with Crippen LogP contribution in [0.25, 0.3) is 5.69 Å². The van der Waals surface area contributed by atoms with Crippen molar-refractivity contribution in [3.05, 3.63) is 107 Å². The van der Waals surface area contributed by atoms with Gasteiger partial charge in [0.1, 0.15) is 17.1 Å². The van der Waals surface area contributed by atoms with Crippen LogP contribution in [0.4, 0.5) is 23.2 Å². The van der Waals surface area contributed by atoms with Crippen LogP contribution in [0.15, 0.2) is 72.9 Å². The Labute approximate surface area is 226 Å². The van der Waals surface area contributed by atoms with Gasteiger partial charge in [0.05, 0.1) is 28.7 Å². The van der Waals surface area contributed by atoms with Crippen LogP contribution in [0.1, 0.15) is 58.7 Å². The number of carbonyl (C=O) groups excluding carboxylic acids is 1. The maximum Gasteiger partial charge on any atom is 0.435 e. The number of benzene rings is 2. The highest BCUT2D eigenvalue weighted by Crippen LogP contribution is 2.41. The number of anilines is 1. The van der Waals surface area contributed by atoms with Crippen LogP contribution in [-0.4, -0.2) is 25.8 Å². The molecule has 40 heavy (non-hydrogen) atoms. The van der Waals surface area contributed by atoms with E-state index in [9.17, 15) is 32.7 Å². The molecule has 1 amide bonds. The van der Waals surface area contributed by atoms with Crippen LogP contribution in [0.5, 0.6) is 0 Å². The van der Waals surface area contributed by atoms with Crippen molar-refractivity contribution >= 4 is 11.6 Å². The SMILES string of the molecule is N#Cc1cccc(-n2nc(C(F)(F)F)cc2C(=O)Nc2cc(C(O)(CCC3CC3)c3ccccn3)ccc2F)c1. The van der Waals surface area contributed by atoms with Crippen LogP contribution < -0.4 is 5.32 Å². The molecule has 7 nitrogen and oxygen atoms in total. The number of aliphatic hydroxyl groups is 1. The summed E-state index contributed by atoms with van der Waals surface area (Å²) in [5, 5.41) is 26.8. The predicted octanol–water partition coefficient (Wildman–Crippen LogP) is 5.98. The molecule has 2 N–H and O–H groups in total. The zero-order chi connectivity index (χ0) is 28.5. The minimum atomic E-state index is -4.86. The number of hydrogen-bond acceptors (Lipinski definition) is 5. The summed E-state index contributed by atoms with van der Waals surface area (Å²) >= 11 is 0. The standard InChI is InChI=1S/C29H23F4N5O2/c30-22-10-9-20(28(40,12-11-18-7-8-18)25-6-1-2-13-35-25)15-23(22)36-27(39)24-16-26(29(31,32)33)37-38(24)21-5-3-4-19(14-21)17-34/h1-6,9-10,13-16,18,40H,7-8,11-12H2,(H,36,39). The lowest BCUT2D eigenvalue weighted by Gasteiger charge is -2.29. The Hall–Kier alpha value is -4.56. The molecule has 1 unspecified atom stereocenters. The first-order valence-electron chi connectivity index (χ1n) is 12.5. The molecular formula is C29H23F4N5O2. The minimum Gasteiger partial charge on any atom is -0.379 e. The lowest BCUT2D eigenvalue weighted by Crippen LogP contribution is -2.29. The number of carbonyl (C=O) groups is 1. The largest absolute Gasteiger partial charge is 0.435 e. The Morgan fingerprint density at radius 2 is 1.88 bits per heavy atom. The summed E-state index contributed by atoms with van der Waals surface area (Å²) in [6.45, 7) is 0. The maximum atomic E-state index is 14.9. The summed E-state index contributed by atoms with van der Waals surface area (Å²) in [4.78, 5) is 17.6. The van der Waals surface area contributed by atoms with Gasteiger partial charge in [-0.05, 0) is 66.8 Å². The number of halogens is 4. The third kappa shape index (κ3) is 5.58. The van der Waals surface area contributed by atoms with Crippen LogP contribution in [0, 0.1) is 23.1 Å². The van der Waals surface area contributed by atoms with E-state index in [4.69, 9.17) is 0 Å². The highest BCUT2D eigenvalue weighted by Gasteiger charge is 2.38. The summed E-state index contributed by atoms with van der Waals surface area (Å²) in [6.07, 6.45) is -0.177. The number of nitrogens with zero attached hydrogens (tertiary/aromatic N) is 4. The van der Waals surface area contributed by atoms with Crippen LogP contribution in [0.2, 0.25) is 0 Å². The van der Waals surface area contributed by atoms with E-state index in [0.29, 0.717) is 30.5 Å². The molecule has 0 bridgehead atoms. The molecule has 2 aromatic heterocycles. The number of rotatable bonds is 8. The van der Waals surface area contributed by atoms with E-state index in [-0.39, 0.29) is 22.5 Å². The van der Waals surface area contributed by atoms with Gasteiger partial charge in [0.15, 0.2) is 5.69 Å². The Morgan fingerprint density at radius 1 is 1.07 bits per heavy atom. The van der Waals surface area contributed by atoms with Crippen LogP contribution in [-0.2, 0) is 11.8 Å². The molecule has 0 spiro atoms. The van der Waals surface area contributed by atoms with Crippen molar-refractivity contribution in [1.29, 1.82) is 5.26 Å². The summed E-state index contributed by atoms with van der Waals surface area (Å²) < 4.78 is 56.2. The van der Waals surface area contributed by atoms with E-state index in [1.54, 1.807) is 18.2 Å². The summed E-state index contributed by atoms with van der Waals surface area (Å²) in [5.74, 6) is -1.44. The Kier molecular flexibility index (Phi) is 7.12. The van der Waals surface area contributed by atoms with Gasteiger partial charge in [0.25, 0.3) is 5.91 Å². The molecule has 204 valence electrons.